The Bertz CT molecular complexity index is 151. The Morgan fingerprint density at radius 2 is 1.41 bits per heavy atom. The first-order chi connectivity index (χ1) is 8.43. The van der Waals surface area contributed by atoms with Gasteiger partial charge < -0.3 is 26.6 Å². The number of nitrogens with zero attached hydrogens (tertiary/aromatic N) is 1. The van der Waals surface area contributed by atoms with E-state index in [1.807, 2.05) is 0 Å². The Morgan fingerprint density at radius 1 is 0.765 bits per heavy atom. The van der Waals surface area contributed by atoms with Gasteiger partial charge in [0, 0.05) is 39.3 Å². The van der Waals surface area contributed by atoms with Gasteiger partial charge in [-0.05, 0) is 39.0 Å². The minimum atomic E-state index is 0.761. The molecule has 0 aromatic carbocycles. The maximum absolute atomic E-state index is 5.63. The Kier molecular flexibility index (Phi) is 9.55. The zero-order valence-electron chi connectivity index (χ0n) is 11.0. The normalized spacial score (nSPS) is 23.1. The molecule has 0 amide bonds. The van der Waals surface area contributed by atoms with E-state index in [4.69, 9.17) is 5.73 Å². The van der Waals surface area contributed by atoms with Crippen LogP contribution >= 0.6 is 0 Å². The van der Waals surface area contributed by atoms with E-state index in [9.17, 15) is 0 Å². The molecule has 1 fully saturated rings. The first kappa shape index (κ1) is 14.9. The van der Waals surface area contributed by atoms with Gasteiger partial charge in [-0.2, -0.15) is 0 Å². The molecule has 1 rings (SSSR count). The van der Waals surface area contributed by atoms with Crippen LogP contribution in [-0.4, -0.2) is 70.3 Å². The van der Waals surface area contributed by atoms with Gasteiger partial charge in [0.15, 0.2) is 0 Å². The lowest BCUT2D eigenvalue weighted by atomic mass is 10.3. The Morgan fingerprint density at radius 3 is 2.12 bits per heavy atom. The van der Waals surface area contributed by atoms with Gasteiger partial charge in [-0.25, -0.2) is 0 Å². The van der Waals surface area contributed by atoms with Gasteiger partial charge in [-0.15, -0.1) is 0 Å². The van der Waals surface area contributed by atoms with E-state index in [1.165, 1.54) is 12.8 Å². The van der Waals surface area contributed by atoms with Crippen molar-refractivity contribution in [1.82, 2.24) is 20.9 Å². The maximum Gasteiger partial charge on any atom is 0.0107 e. The monoisotopic (exact) mass is 243 g/mol. The summed E-state index contributed by atoms with van der Waals surface area (Å²) in [6.07, 6.45) is 2.41. The molecule has 0 atom stereocenters. The van der Waals surface area contributed by atoms with E-state index >= 15 is 0 Å². The molecule has 1 aliphatic heterocycles. The smallest absolute Gasteiger partial charge is 0.0107 e. The zero-order chi connectivity index (χ0) is 12.2. The molecule has 102 valence electrons. The quantitative estimate of drug-likeness (QED) is 0.491. The highest BCUT2D eigenvalue weighted by Crippen LogP contribution is 1.90. The number of nitrogens with one attached hydrogen (secondary N) is 3. The Hall–Kier alpha value is -0.200. The minimum Gasteiger partial charge on any atom is -0.329 e. The van der Waals surface area contributed by atoms with E-state index in [0.717, 1.165) is 65.4 Å². The van der Waals surface area contributed by atoms with Crippen LogP contribution in [0.3, 0.4) is 0 Å². The summed E-state index contributed by atoms with van der Waals surface area (Å²) in [5, 5.41) is 10.4. The predicted octanol–water partition coefficient (Wildman–Crippen LogP) is -1.19. The predicted molar refractivity (Wildman–Crippen MR) is 73.3 cm³/mol. The molecule has 0 spiro atoms. The summed E-state index contributed by atoms with van der Waals surface area (Å²) >= 11 is 0. The van der Waals surface area contributed by atoms with Crippen molar-refractivity contribution in [2.24, 2.45) is 5.73 Å². The van der Waals surface area contributed by atoms with Gasteiger partial charge in [0.2, 0.25) is 0 Å². The standard InChI is InChI=1S/C12H29N5/c13-3-11-17-10-2-6-15-8-7-14-4-1-5-16-9-12-17/h14-16H,1-13H2. The molecule has 5 heteroatoms. The molecule has 0 radical (unpaired) electrons. The van der Waals surface area contributed by atoms with Crippen LogP contribution in [0.2, 0.25) is 0 Å². The van der Waals surface area contributed by atoms with Crippen molar-refractivity contribution in [3.63, 3.8) is 0 Å². The lowest BCUT2D eigenvalue weighted by molar-refractivity contribution is 0.275. The summed E-state index contributed by atoms with van der Waals surface area (Å²) in [5.74, 6) is 0. The summed E-state index contributed by atoms with van der Waals surface area (Å²) in [4.78, 5) is 2.46. The first-order valence-electron chi connectivity index (χ1n) is 6.98. The number of nitrogens with two attached hydrogens (primary N) is 1. The molecule has 0 aromatic heterocycles. The molecule has 17 heavy (non-hydrogen) atoms. The fraction of sp³-hybridized carbons (Fsp3) is 1.00. The third-order valence-corrected chi connectivity index (χ3v) is 3.06. The summed E-state index contributed by atoms with van der Waals surface area (Å²) < 4.78 is 0. The van der Waals surface area contributed by atoms with Gasteiger partial charge in [0.25, 0.3) is 0 Å². The van der Waals surface area contributed by atoms with Crippen LogP contribution in [0.25, 0.3) is 0 Å². The number of rotatable bonds is 2. The van der Waals surface area contributed by atoms with Crippen LogP contribution in [0.5, 0.6) is 0 Å². The van der Waals surface area contributed by atoms with Crippen LogP contribution in [0.4, 0.5) is 0 Å². The van der Waals surface area contributed by atoms with Crippen molar-refractivity contribution in [3.05, 3.63) is 0 Å². The highest BCUT2D eigenvalue weighted by molar-refractivity contribution is 4.63. The van der Waals surface area contributed by atoms with Crippen LogP contribution in [0.15, 0.2) is 0 Å². The highest BCUT2D eigenvalue weighted by Gasteiger charge is 2.03. The number of hydrogen-bond donors (Lipinski definition) is 4. The second kappa shape index (κ2) is 10.9. The molecular weight excluding hydrogens is 214 g/mol. The van der Waals surface area contributed by atoms with E-state index in [0.29, 0.717) is 0 Å². The lowest BCUT2D eigenvalue weighted by Crippen LogP contribution is -2.38. The van der Waals surface area contributed by atoms with Crippen molar-refractivity contribution >= 4 is 0 Å². The van der Waals surface area contributed by atoms with Gasteiger partial charge in [0.05, 0.1) is 0 Å². The molecule has 0 aliphatic carbocycles. The maximum atomic E-state index is 5.63. The molecule has 1 aliphatic rings. The van der Waals surface area contributed by atoms with Crippen LogP contribution in [-0.2, 0) is 0 Å². The van der Waals surface area contributed by atoms with Gasteiger partial charge in [0.1, 0.15) is 0 Å². The molecule has 1 heterocycles. The summed E-state index contributed by atoms with van der Waals surface area (Å²) in [7, 11) is 0. The Labute approximate surface area is 105 Å². The van der Waals surface area contributed by atoms with Crippen LogP contribution < -0.4 is 21.7 Å². The average molecular weight is 243 g/mol. The molecule has 5 N–H and O–H groups in total. The SMILES string of the molecule is NCCN1CCCNCCNCCCNCC1. The number of hydrogen-bond acceptors (Lipinski definition) is 5. The fourth-order valence-electron chi connectivity index (χ4n) is 2.07. The second-order valence-corrected chi connectivity index (χ2v) is 4.59. The third kappa shape index (κ3) is 8.51. The van der Waals surface area contributed by atoms with Gasteiger partial charge in [-0.3, -0.25) is 0 Å². The van der Waals surface area contributed by atoms with E-state index in [1.54, 1.807) is 0 Å². The first-order valence-corrected chi connectivity index (χ1v) is 6.98. The average Bonchev–Trinajstić information content (AvgIpc) is 2.34. The third-order valence-electron chi connectivity index (χ3n) is 3.06. The molecule has 5 nitrogen and oxygen atoms in total. The minimum absolute atomic E-state index is 0.761. The van der Waals surface area contributed by atoms with Crippen LogP contribution in [0.1, 0.15) is 12.8 Å². The topological polar surface area (TPSA) is 65.3 Å². The van der Waals surface area contributed by atoms with E-state index in [-0.39, 0.29) is 0 Å². The second-order valence-electron chi connectivity index (χ2n) is 4.59. The Balaban J connectivity index is 2.19. The fourth-order valence-corrected chi connectivity index (χ4v) is 2.07. The van der Waals surface area contributed by atoms with E-state index in [2.05, 4.69) is 20.9 Å². The molecular formula is C12H29N5. The van der Waals surface area contributed by atoms with Crippen LogP contribution in [0, 0.1) is 0 Å². The van der Waals surface area contributed by atoms with Gasteiger partial charge >= 0.3 is 0 Å². The molecule has 0 unspecified atom stereocenters. The zero-order valence-corrected chi connectivity index (χ0v) is 11.0. The highest BCUT2D eigenvalue weighted by atomic mass is 15.1. The van der Waals surface area contributed by atoms with Crippen molar-refractivity contribution in [3.8, 4) is 0 Å². The van der Waals surface area contributed by atoms with Crippen molar-refractivity contribution in [1.29, 1.82) is 0 Å². The molecule has 0 saturated carbocycles. The summed E-state index contributed by atoms with van der Waals surface area (Å²) in [6.45, 7) is 10.6. The molecule has 1 saturated heterocycles. The molecule has 0 bridgehead atoms. The van der Waals surface area contributed by atoms with Crippen molar-refractivity contribution in [2.75, 3.05) is 65.4 Å². The van der Waals surface area contributed by atoms with E-state index < -0.39 is 0 Å². The lowest BCUT2D eigenvalue weighted by Gasteiger charge is -2.22. The van der Waals surface area contributed by atoms with Gasteiger partial charge in [-0.1, -0.05) is 0 Å². The largest absolute Gasteiger partial charge is 0.329 e. The van der Waals surface area contributed by atoms with Crippen molar-refractivity contribution < 1.29 is 0 Å². The summed E-state index contributed by atoms with van der Waals surface area (Å²) in [5.41, 5.74) is 5.63. The summed E-state index contributed by atoms with van der Waals surface area (Å²) in [6, 6.07) is 0. The van der Waals surface area contributed by atoms with Crippen molar-refractivity contribution in [2.45, 2.75) is 12.8 Å². The molecule has 0 aromatic rings.